The number of piperidine rings is 1. The Morgan fingerprint density at radius 2 is 2.00 bits per heavy atom. The number of carboxylic acids is 1. The van der Waals surface area contributed by atoms with Crippen molar-refractivity contribution in [2.45, 2.75) is 23.5 Å². The lowest BCUT2D eigenvalue weighted by Crippen LogP contribution is -2.38. The molecule has 0 radical (unpaired) electrons. The van der Waals surface area contributed by atoms with Crippen LogP contribution in [-0.4, -0.2) is 49.6 Å². The Labute approximate surface area is 127 Å². The van der Waals surface area contributed by atoms with E-state index in [1.165, 1.54) is 6.07 Å². The van der Waals surface area contributed by atoms with E-state index in [1.54, 1.807) is 10.3 Å². The lowest BCUT2D eigenvalue weighted by atomic mass is 9.93. The second-order valence-corrected chi connectivity index (χ2v) is 8.41. The number of hydrogen-bond donors (Lipinski definition) is 1. The van der Waals surface area contributed by atoms with Gasteiger partial charge >= 0.3 is 5.97 Å². The van der Waals surface area contributed by atoms with Crippen LogP contribution in [0.5, 0.6) is 0 Å². The van der Waals surface area contributed by atoms with Crippen LogP contribution in [0, 0.1) is 5.92 Å². The molecule has 8 heteroatoms. The van der Waals surface area contributed by atoms with E-state index >= 15 is 0 Å². The molecule has 1 aliphatic heterocycles. The van der Waals surface area contributed by atoms with Crippen LogP contribution in [0.1, 0.15) is 29.6 Å². The Kier molecular flexibility index (Phi) is 4.67. The average molecular weight is 331 g/mol. The molecule has 116 valence electrons. The SMILES string of the molecule is CS(=O)(=O)c1cc(C(=O)N2CCC(CC(=O)O)CC2)cs1. The predicted molar refractivity (Wildman–Crippen MR) is 78.3 cm³/mol. The first-order valence-electron chi connectivity index (χ1n) is 6.57. The van der Waals surface area contributed by atoms with E-state index < -0.39 is 15.8 Å². The molecule has 1 aromatic rings. The molecule has 2 rings (SSSR count). The Hall–Kier alpha value is -1.41. The van der Waals surface area contributed by atoms with Gasteiger partial charge in [-0.2, -0.15) is 0 Å². The van der Waals surface area contributed by atoms with Crippen LogP contribution >= 0.6 is 11.3 Å². The minimum absolute atomic E-state index is 0.112. The molecule has 1 aromatic heterocycles. The van der Waals surface area contributed by atoms with E-state index in [2.05, 4.69) is 0 Å². The topological polar surface area (TPSA) is 91.8 Å². The van der Waals surface area contributed by atoms with Gasteiger partial charge in [-0.05, 0) is 24.8 Å². The number of rotatable bonds is 4. The summed E-state index contributed by atoms with van der Waals surface area (Å²) in [6.07, 6.45) is 2.59. The van der Waals surface area contributed by atoms with Gasteiger partial charge in [0.15, 0.2) is 9.84 Å². The number of likely N-dealkylation sites (tertiary alicyclic amines) is 1. The molecule has 0 unspecified atom stereocenters. The van der Waals surface area contributed by atoms with E-state index in [9.17, 15) is 18.0 Å². The molecule has 0 aliphatic carbocycles. The number of amides is 1. The smallest absolute Gasteiger partial charge is 0.303 e. The molecule has 0 saturated carbocycles. The fraction of sp³-hybridized carbons (Fsp3) is 0.538. The van der Waals surface area contributed by atoms with Crippen molar-refractivity contribution in [2.75, 3.05) is 19.3 Å². The largest absolute Gasteiger partial charge is 0.481 e. The van der Waals surface area contributed by atoms with E-state index in [0.29, 0.717) is 31.5 Å². The molecule has 1 aliphatic rings. The molecule has 0 spiro atoms. The molecule has 0 aromatic carbocycles. The normalized spacial score (nSPS) is 16.9. The summed E-state index contributed by atoms with van der Waals surface area (Å²) in [6.45, 7) is 1.03. The van der Waals surface area contributed by atoms with Crippen LogP contribution in [0.15, 0.2) is 15.7 Å². The number of sulfone groups is 1. The van der Waals surface area contributed by atoms with E-state index in [0.717, 1.165) is 17.6 Å². The predicted octanol–water partition coefficient (Wildman–Crippen LogP) is 1.48. The van der Waals surface area contributed by atoms with Gasteiger partial charge in [0.1, 0.15) is 4.21 Å². The number of aliphatic carboxylic acids is 1. The highest BCUT2D eigenvalue weighted by molar-refractivity contribution is 7.92. The maximum Gasteiger partial charge on any atom is 0.303 e. The van der Waals surface area contributed by atoms with Gasteiger partial charge in [0.2, 0.25) is 0 Å². The fourth-order valence-corrected chi connectivity index (χ4v) is 4.18. The Morgan fingerprint density at radius 1 is 1.38 bits per heavy atom. The number of carboxylic acid groups (broad SMARTS) is 1. The summed E-state index contributed by atoms with van der Waals surface area (Å²) in [6, 6.07) is 1.41. The first-order valence-corrected chi connectivity index (χ1v) is 9.34. The molecule has 1 saturated heterocycles. The molecule has 1 N–H and O–H groups in total. The van der Waals surface area contributed by atoms with Gasteiger partial charge in [-0.25, -0.2) is 8.42 Å². The van der Waals surface area contributed by atoms with Gasteiger partial charge in [-0.15, -0.1) is 11.3 Å². The zero-order valence-electron chi connectivity index (χ0n) is 11.6. The van der Waals surface area contributed by atoms with Crippen LogP contribution in [0.4, 0.5) is 0 Å². The second-order valence-electron chi connectivity index (χ2n) is 5.26. The molecule has 0 bridgehead atoms. The minimum Gasteiger partial charge on any atom is -0.481 e. The summed E-state index contributed by atoms with van der Waals surface area (Å²) >= 11 is 1.04. The van der Waals surface area contributed by atoms with Crippen molar-refractivity contribution in [1.82, 2.24) is 4.90 Å². The first kappa shape index (κ1) is 16.0. The average Bonchev–Trinajstić information content (AvgIpc) is 2.87. The highest BCUT2D eigenvalue weighted by atomic mass is 32.2. The third-order valence-electron chi connectivity index (χ3n) is 3.55. The van der Waals surface area contributed by atoms with E-state index in [1.807, 2.05) is 0 Å². The van der Waals surface area contributed by atoms with Crippen molar-refractivity contribution in [1.29, 1.82) is 0 Å². The van der Waals surface area contributed by atoms with Gasteiger partial charge in [0.25, 0.3) is 5.91 Å². The zero-order valence-corrected chi connectivity index (χ0v) is 13.2. The molecule has 0 atom stereocenters. The van der Waals surface area contributed by atoms with Crippen molar-refractivity contribution in [3.05, 3.63) is 17.0 Å². The van der Waals surface area contributed by atoms with Crippen LogP contribution in [0.3, 0.4) is 0 Å². The van der Waals surface area contributed by atoms with Crippen molar-refractivity contribution < 1.29 is 23.1 Å². The van der Waals surface area contributed by atoms with Gasteiger partial charge in [0.05, 0.1) is 5.56 Å². The summed E-state index contributed by atoms with van der Waals surface area (Å²) < 4.78 is 23.0. The summed E-state index contributed by atoms with van der Waals surface area (Å²) in [5.41, 5.74) is 0.386. The fourth-order valence-electron chi connectivity index (χ4n) is 2.39. The summed E-state index contributed by atoms with van der Waals surface area (Å²) in [7, 11) is -3.29. The maximum atomic E-state index is 12.3. The minimum atomic E-state index is -3.29. The van der Waals surface area contributed by atoms with E-state index in [-0.39, 0.29) is 22.5 Å². The third-order valence-corrected chi connectivity index (χ3v) is 6.32. The highest BCUT2D eigenvalue weighted by Crippen LogP contribution is 2.25. The van der Waals surface area contributed by atoms with Crippen LogP contribution in [0.2, 0.25) is 0 Å². The Morgan fingerprint density at radius 3 is 2.48 bits per heavy atom. The summed E-state index contributed by atoms with van der Waals surface area (Å²) in [5, 5.41) is 10.3. The number of thiophene rings is 1. The van der Waals surface area contributed by atoms with Crippen LogP contribution in [0.25, 0.3) is 0 Å². The van der Waals surface area contributed by atoms with Gasteiger partial charge < -0.3 is 10.0 Å². The van der Waals surface area contributed by atoms with Gasteiger partial charge in [-0.3, -0.25) is 9.59 Å². The Balaban J connectivity index is 1.99. The summed E-state index contributed by atoms with van der Waals surface area (Å²) in [4.78, 5) is 24.6. The lowest BCUT2D eigenvalue weighted by molar-refractivity contribution is -0.138. The second kappa shape index (κ2) is 6.15. The number of carbonyl (C=O) groups excluding carboxylic acids is 1. The highest BCUT2D eigenvalue weighted by Gasteiger charge is 2.26. The van der Waals surface area contributed by atoms with Gasteiger partial charge in [-0.1, -0.05) is 0 Å². The molecule has 1 amide bonds. The first-order chi connectivity index (χ1) is 9.77. The number of carbonyl (C=O) groups is 2. The van der Waals surface area contributed by atoms with Crippen molar-refractivity contribution >= 4 is 33.1 Å². The molecule has 1 fully saturated rings. The maximum absolute atomic E-state index is 12.3. The standard InChI is InChI=1S/C13H17NO5S2/c1-21(18,19)12-7-10(8-20-12)13(17)14-4-2-9(3-5-14)6-11(15)16/h7-9H,2-6H2,1H3,(H,15,16). The van der Waals surface area contributed by atoms with Crippen molar-refractivity contribution in [2.24, 2.45) is 5.92 Å². The van der Waals surface area contributed by atoms with Crippen LogP contribution in [-0.2, 0) is 14.6 Å². The molecule has 21 heavy (non-hydrogen) atoms. The lowest BCUT2D eigenvalue weighted by Gasteiger charge is -2.31. The van der Waals surface area contributed by atoms with Gasteiger partial charge in [0, 0.05) is 31.1 Å². The quantitative estimate of drug-likeness (QED) is 0.902. The Bertz CT molecular complexity index is 641. The molecule has 2 heterocycles. The molecular formula is C13H17NO5S2. The number of nitrogens with zero attached hydrogens (tertiary/aromatic N) is 1. The monoisotopic (exact) mass is 331 g/mol. The van der Waals surface area contributed by atoms with Crippen LogP contribution < -0.4 is 0 Å². The van der Waals surface area contributed by atoms with Crippen molar-refractivity contribution in [3.8, 4) is 0 Å². The summed E-state index contributed by atoms with van der Waals surface area (Å²) in [5.74, 6) is -0.883. The molecular weight excluding hydrogens is 314 g/mol. The molecule has 6 nitrogen and oxygen atoms in total. The third kappa shape index (κ3) is 4.04. The van der Waals surface area contributed by atoms with E-state index in [4.69, 9.17) is 5.11 Å². The number of hydrogen-bond acceptors (Lipinski definition) is 5. The van der Waals surface area contributed by atoms with Crippen molar-refractivity contribution in [3.63, 3.8) is 0 Å². The zero-order chi connectivity index (χ0) is 15.6.